The van der Waals surface area contributed by atoms with E-state index in [-0.39, 0.29) is 17.1 Å². The summed E-state index contributed by atoms with van der Waals surface area (Å²) in [6.45, 7) is 2.29. The van der Waals surface area contributed by atoms with E-state index in [9.17, 15) is 0 Å². The molecule has 0 unspecified atom stereocenters. The molecule has 1 aromatic rings. The fourth-order valence-corrected chi connectivity index (χ4v) is 12.4. The molecule has 16 heavy (non-hydrogen) atoms. The summed E-state index contributed by atoms with van der Waals surface area (Å²) in [5, 5.41) is 0. The third-order valence-corrected chi connectivity index (χ3v) is 14.6. The Morgan fingerprint density at radius 2 is 1.56 bits per heavy atom. The summed E-state index contributed by atoms with van der Waals surface area (Å²) in [5.41, 5.74) is 0. The second-order valence-electron chi connectivity index (χ2n) is 3.99. The molecule has 0 N–H and O–H groups in total. The standard InChI is InChI=1S/C14H22Te2/c1-2-3-4-5-6-10-13-15-16-14-11-8-7-9-12-14/h7-9,11-12H,2-6,10,13H2,1H3. The van der Waals surface area contributed by atoms with Crippen molar-refractivity contribution in [1.82, 2.24) is 0 Å². The van der Waals surface area contributed by atoms with Crippen molar-refractivity contribution in [3.05, 3.63) is 30.3 Å². The molecule has 1 aromatic carbocycles. The Morgan fingerprint density at radius 1 is 0.875 bits per heavy atom. The molecular formula is C14H22Te2. The summed E-state index contributed by atoms with van der Waals surface area (Å²) in [6, 6.07) is 11.2. The van der Waals surface area contributed by atoms with E-state index in [1.807, 2.05) is 0 Å². The Balaban J connectivity index is 1.89. The number of rotatable bonds is 9. The van der Waals surface area contributed by atoms with Crippen molar-refractivity contribution in [3.63, 3.8) is 0 Å². The Morgan fingerprint density at radius 3 is 2.31 bits per heavy atom. The molecule has 90 valence electrons. The molecular weight excluding hydrogens is 423 g/mol. The van der Waals surface area contributed by atoms with Crippen molar-refractivity contribution in [2.75, 3.05) is 0 Å². The Hall–Kier alpha value is 0.799. The molecule has 0 spiro atoms. The normalized spacial score (nSPS) is 10.6. The van der Waals surface area contributed by atoms with E-state index >= 15 is 0 Å². The minimum atomic E-state index is 0.252. The Bertz CT molecular complexity index is 246. The van der Waals surface area contributed by atoms with Gasteiger partial charge in [0.25, 0.3) is 0 Å². The molecule has 0 fully saturated rings. The van der Waals surface area contributed by atoms with Crippen LogP contribution in [0.4, 0.5) is 0 Å². The van der Waals surface area contributed by atoms with Gasteiger partial charge in [-0.25, -0.2) is 0 Å². The monoisotopic (exact) mass is 450 g/mol. The molecule has 0 aromatic heterocycles. The van der Waals surface area contributed by atoms with Gasteiger partial charge in [0.15, 0.2) is 0 Å². The van der Waals surface area contributed by atoms with E-state index in [1.165, 1.54) is 38.5 Å². The van der Waals surface area contributed by atoms with Crippen LogP contribution in [0.25, 0.3) is 0 Å². The zero-order chi connectivity index (χ0) is 11.5. The number of hydrogen-bond donors (Lipinski definition) is 0. The molecule has 0 bridgehead atoms. The van der Waals surface area contributed by atoms with Crippen LogP contribution >= 0.6 is 0 Å². The first-order valence-corrected chi connectivity index (χ1v) is 16.4. The molecule has 0 radical (unpaired) electrons. The predicted molar refractivity (Wildman–Crippen MR) is 75.8 cm³/mol. The fraction of sp³-hybridized carbons (Fsp3) is 0.571. The molecule has 0 amide bonds. The van der Waals surface area contributed by atoms with Gasteiger partial charge in [0.1, 0.15) is 0 Å². The summed E-state index contributed by atoms with van der Waals surface area (Å²) < 4.78 is 3.27. The van der Waals surface area contributed by atoms with Gasteiger partial charge in [-0.2, -0.15) is 0 Å². The van der Waals surface area contributed by atoms with Crippen LogP contribution in [-0.4, -0.2) is 34.1 Å². The van der Waals surface area contributed by atoms with E-state index in [2.05, 4.69) is 37.3 Å². The van der Waals surface area contributed by atoms with E-state index < -0.39 is 0 Å². The SMILES string of the molecule is CCCCCCCC[Te][Te]c1ccccc1. The fourth-order valence-electron chi connectivity index (χ4n) is 1.53. The zero-order valence-corrected chi connectivity index (χ0v) is 14.8. The molecule has 0 saturated heterocycles. The third-order valence-electron chi connectivity index (χ3n) is 2.48. The maximum absolute atomic E-state index is 2.33. The minimum absolute atomic E-state index is 0.252. The van der Waals surface area contributed by atoms with Crippen molar-refractivity contribution < 1.29 is 0 Å². The van der Waals surface area contributed by atoms with Gasteiger partial charge in [0, 0.05) is 0 Å². The Kier molecular flexibility index (Phi) is 10.1. The van der Waals surface area contributed by atoms with Crippen LogP contribution in [0.5, 0.6) is 0 Å². The summed E-state index contributed by atoms with van der Waals surface area (Å²) in [7, 11) is 0. The maximum atomic E-state index is 2.33. The first-order chi connectivity index (χ1) is 7.93. The molecule has 2 heteroatoms. The van der Waals surface area contributed by atoms with Crippen molar-refractivity contribution in [1.29, 1.82) is 0 Å². The van der Waals surface area contributed by atoms with Crippen LogP contribution in [0.1, 0.15) is 45.4 Å². The first-order valence-electron chi connectivity index (χ1n) is 6.28. The van der Waals surface area contributed by atoms with Gasteiger partial charge in [-0.1, -0.05) is 0 Å². The summed E-state index contributed by atoms with van der Waals surface area (Å²) in [4.78, 5) is 0. The van der Waals surface area contributed by atoms with E-state index in [0.29, 0.717) is 17.1 Å². The average molecular weight is 446 g/mol. The third kappa shape index (κ3) is 7.97. The van der Waals surface area contributed by atoms with Gasteiger partial charge < -0.3 is 0 Å². The summed E-state index contributed by atoms with van der Waals surface area (Å²) in [5.74, 6) is 0. The zero-order valence-electron chi connectivity index (χ0n) is 10.2. The first kappa shape index (κ1) is 14.9. The van der Waals surface area contributed by atoms with Crippen LogP contribution < -0.4 is 3.61 Å². The summed E-state index contributed by atoms with van der Waals surface area (Å²) in [6.07, 6.45) is 8.76. The molecule has 0 aliphatic rings. The van der Waals surface area contributed by atoms with Gasteiger partial charge in [-0.15, -0.1) is 0 Å². The van der Waals surface area contributed by atoms with Crippen LogP contribution in [0, 0.1) is 0 Å². The van der Waals surface area contributed by atoms with Crippen LogP contribution in [-0.2, 0) is 0 Å². The molecule has 0 nitrogen and oxygen atoms in total. The second kappa shape index (κ2) is 10.9. The molecule has 1 rings (SSSR count). The van der Waals surface area contributed by atoms with Crippen LogP contribution in [0.3, 0.4) is 0 Å². The molecule has 0 aliphatic carbocycles. The topological polar surface area (TPSA) is 0 Å². The van der Waals surface area contributed by atoms with Crippen molar-refractivity contribution in [2.45, 2.75) is 49.9 Å². The van der Waals surface area contributed by atoms with E-state index in [4.69, 9.17) is 0 Å². The van der Waals surface area contributed by atoms with Crippen molar-refractivity contribution >= 4 is 37.7 Å². The van der Waals surface area contributed by atoms with Crippen molar-refractivity contribution in [2.24, 2.45) is 0 Å². The average Bonchev–Trinajstić information content (AvgIpc) is 2.34. The summed E-state index contributed by atoms with van der Waals surface area (Å²) >= 11 is 0.632. The Labute approximate surface area is 117 Å². The van der Waals surface area contributed by atoms with E-state index in [1.54, 1.807) is 8.08 Å². The van der Waals surface area contributed by atoms with Gasteiger partial charge >= 0.3 is 118 Å². The van der Waals surface area contributed by atoms with E-state index in [0.717, 1.165) is 0 Å². The number of benzene rings is 1. The quantitative estimate of drug-likeness (QED) is 0.404. The second-order valence-corrected chi connectivity index (χ2v) is 15.3. The van der Waals surface area contributed by atoms with Gasteiger partial charge in [-0.3, -0.25) is 0 Å². The molecule has 0 saturated carbocycles. The molecule has 0 atom stereocenters. The molecule has 0 heterocycles. The van der Waals surface area contributed by atoms with Crippen LogP contribution in [0.2, 0.25) is 4.47 Å². The van der Waals surface area contributed by atoms with Crippen LogP contribution in [0.15, 0.2) is 30.3 Å². The number of hydrogen-bond acceptors (Lipinski definition) is 0. The predicted octanol–water partition coefficient (Wildman–Crippen LogP) is 3.41. The number of unbranched alkanes of at least 4 members (excludes halogenated alkanes) is 5. The van der Waals surface area contributed by atoms with Gasteiger partial charge in [0.2, 0.25) is 0 Å². The molecule has 0 aliphatic heterocycles. The van der Waals surface area contributed by atoms with Crippen molar-refractivity contribution in [3.8, 4) is 0 Å². The van der Waals surface area contributed by atoms with Gasteiger partial charge in [-0.05, 0) is 0 Å². The van der Waals surface area contributed by atoms with Gasteiger partial charge in [0.05, 0.1) is 0 Å².